The summed E-state index contributed by atoms with van der Waals surface area (Å²) in [7, 11) is 1.44. The molecule has 0 aromatic heterocycles. The summed E-state index contributed by atoms with van der Waals surface area (Å²) in [4.78, 5) is 24.9. The van der Waals surface area contributed by atoms with Gasteiger partial charge in [-0.15, -0.1) is 0 Å². The lowest BCUT2D eigenvalue weighted by molar-refractivity contribution is -0.145. The first kappa shape index (κ1) is 19.0. The number of benzene rings is 1. The molecule has 1 aromatic carbocycles. The van der Waals surface area contributed by atoms with Gasteiger partial charge in [-0.05, 0) is 31.0 Å². The highest BCUT2D eigenvalue weighted by atomic mass is 19.4. The van der Waals surface area contributed by atoms with Crippen molar-refractivity contribution in [3.05, 3.63) is 35.4 Å². The molecule has 0 bridgehead atoms. The molecule has 0 unspecified atom stereocenters. The Kier molecular flexibility index (Phi) is 6.18. The molecule has 1 rings (SSSR count). The highest BCUT2D eigenvalue weighted by Gasteiger charge is 2.36. The Morgan fingerprint density at radius 2 is 1.74 bits per heavy atom. The van der Waals surface area contributed by atoms with E-state index in [1.54, 1.807) is 20.8 Å². The van der Waals surface area contributed by atoms with Gasteiger partial charge in [-0.3, -0.25) is 9.59 Å². The Balaban J connectivity index is 3.16. The van der Waals surface area contributed by atoms with E-state index in [-0.39, 0.29) is 17.0 Å². The molecule has 1 aromatic rings. The van der Waals surface area contributed by atoms with Crippen LogP contribution in [0.3, 0.4) is 0 Å². The van der Waals surface area contributed by atoms with Crippen molar-refractivity contribution < 1.29 is 22.8 Å². The molecular formula is C16H21F3N2O2. The lowest BCUT2D eigenvalue weighted by atomic mass is 10.0. The van der Waals surface area contributed by atoms with Gasteiger partial charge in [-0.2, -0.15) is 13.2 Å². The number of carbonyl (C=O) groups is 2. The number of halogens is 3. The van der Waals surface area contributed by atoms with Gasteiger partial charge in [0, 0.05) is 24.2 Å². The first-order valence-corrected chi connectivity index (χ1v) is 7.26. The number of carbonyl (C=O) groups excluding carboxylic acids is 2. The van der Waals surface area contributed by atoms with Crippen molar-refractivity contribution in [3.63, 3.8) is 0 Å². The Hall–Kier alpha value is -2.05. The van der Waals surface area contributed by atoms with Gasteiger partial charge in [0.15, 0.2) is 0 Å². The second kappa shape index (κ2) is 7.48. The third-order valence-corrected chi connectivity index (χ3v) is 3.67. The SMILES string of the molecule is CNC(=O)c1cccc(C(=O)N(CC(F)(F)F)[C@H](C)C(C)C)c1. The van der Waals surface area contributed by atoms with Gasteiger partial charge in [0.25, 0.3) is 11.8 Å². The summed E-state index contributed by atoms with van der Waals surface area (Å²) >= 11 is 0. The minimum absolute atomic E-state index is 0.0582. The zero-order valence-electron chi connectivity index (χ0n) is 13.6. The van der Waals surface area contributed by atoms with Crippen LogP contribution < -0.4 is 5.32 Å². The number of hydrogen-bond acceptors (Lipinski definition) is 2. The van der Waals surface area contributed by atoms with Crippen molar-refractivity contribution in [3.8, 4) is 0 Å². The lowest BCUT2D eigenvalue weighted by Gasteiger charge is -2.32. The molecule has 0 aliphatic rings. The zero-order valence-corrected chi connectivity index (χ0v) is 13.6. The maximum absolute atomic E-state index is 12.8. The standard InChI is InChI=1S/C16H21F3N2O2/c1-10(2)11(3)21(9-16(17,18)19)15(23)13-7-5-6-12(8-13)14(22)20-4/h5-8,10-11H,9H2,1-4H3,(H,20,22)/t11-/m1/s1. The Bertz CT molecular complexity index is 571. The van der Waals surface area contributed by atoms with Crippen molar-refractivity contribution >= 4 is 11.8 Å². The smallest absolute Gasteiger partial charge is 0.355 e. The van der Waals surface area contributed by atoms with E-state index in [1.807, 2.05) is 0 Å². The highest BCUT2D eigenvalue weighted by Crippen LogP contribution is 2.23. The fourth-order valence-corrected chi connectivity index (χ4v) is 2.06. The highest BCUT2D eigenvalue weighted by molar-refractivity contribution is 5.99. The molecule has 128 valence electrons. The van der Waals surface area contributed by atoms with E-state index in [4.69, 9.17) is 0 Å². The van der Waals surface area contributed by atoms with E-state index in [9.17, 15) is 22.8 Å². The number of nitrogens with one attached hydrogen (secondary N) is 1. The third kappa shape index (κ3) is 5.26. The maximum Gasteiger partial charge on any atom is 0.406 e. The Morgan fingerprint density at radius 1 is 1.17 bits per heavy atom. The summed E-state index contributed by atoms with van der Waals surface area (Å²) in [6.45, 7) is 3.76. The fourth-order valence-electron chi connectivity index (χ4n) is 2.06. The molecule has 2 amide bonds. The van der Waals surface area contributed by atoms with Crippen molar-refractivity contribution in [2.45, 2.75) is 33.0 Å². The molecule has 0 aliphatic heterocycles. The van der Waals surface area contributed by atoms with Crippen LogP contribution in [0.5, 0.6) is 0 Å². The molecule has 1 N–H and O–H groups in total. The Labute approximate surface area is 133 Å². The average Bonchev–Trinajstić information content (AvgIpc) is 2.49. The largest absolute Gasteiger partial charge is 0.406 e. The molecular weight excluding hydrogens is 309 g/mol. The van der Waals surface area contributed by atoms with E-state index in [1.165, 1.54) is 31.3 Å². The molecule has 7 heteroatoms. The lowest BCUT2D eigenvalue weighted by Crippen LogP contribution is -2.46. The van der Waals surface area contributed by atoms with Gasteiger partial charge in [-0.1, -0.05) is 19.9 Å². The molecule has 0 saturated heterocycles. The zero-order chi connectivity index (χ0) is 17.8. The number of rotatable bonds is 5. The number of amides is 2. The summed E-state index contributed by atoms with van der Waals surface area (Å²) in [5, 5.41) is 2.41. The van der Waals surface area contributed by atoms with Gasteiger partial charge in [0.2, 0.25) is 0 Å². The molecule has 23 heavy (non-hydrogen) atoms. The van der Waals surface area contributed by atoms with Crippen LogP contribution in [0.2, 0.25) is 0 Å². The summed E-state index contributed by atoms with van der Waals surface area (Å²) in [5.41, 5.74) is 0.283. The molecule has 0 aliphatic carbocycles. The Morgan fingerprint density at radius 3 is 2.22 bits per heavy atom. The predicted octanol–water partition coefficient (Wildman–Crippen LogP) is 3.10. The van der Waals surface area contributed by atoms with Gasteiger partial charge in [-0.25, -0.2) is 0 Å². The summed E-state index contributed by atoms with van der Waals surface area (Å²) in [6.07, 6.45) is -4.49. The van der Waals surface area contributed by atoms with Crippen LogP contribution in [0.25, 0.3) is 0 Å². The normalized spacial score (nSPS) is 12.9. The summed E-state index contributed by atoms with van der Waals surface area (Å²) < 4.78 is 38.4. The molecule has 0 spiro atoms. The summed E-state index contributed by atoms with van der Waals surface area (Å²) in [6, 6.07) is 5.09. The number of alkyl halides is 3. The van der Waals surface area contributed by atoms with E-state index in [0.29, 0.717) is 0 Å². The maximum atomic E-state index is 12.8. The molecule has 0 saturated carbocycles. The van der Waals surface area contributed by atoms with Crippen LogP contribution in [0.4, 0.5) is 13.2 Å². The number of nitrogens with zero attached hydrogens (tertiary/aromatic N) is 1. The van der Waals surface area contributed by atoms with E-state index < -0.39 is 30.6 Å². The monoisotopic (exact) mass is 330 g/mol. The molecule has 1 atom stereocenters. The summed E-state index contributed by atoms with van der Waals surface area (Å²) in [5.74, 6) is -1.28. The van der Waals surface area contributed by atoms with Crippen LogP contribution in [-0.4, -0.2) is 42.5 Å². The van der Waals surface area contributed by atoms with Crippen LogP contribution in [0, 0.1) is 5.92 Å². The van der Waals surface area contributed by atoms with Gasteiger partial charge < -0.3 is 10.2 Å². The topological polar surface area (TPSA) is 49.4 Å². The third-order valence-electron chi connectivity index (χ3n) is 3.67. The average molecular weight is 330 g/mol. The van der Waals surface area contributed by atoms with Gasteiger partial charge in [0.05, 0.1) is 0 Å². The van der Waals surface area contributed by atoms with E-state index >= 15 is 0 Å². The first-order chi connectivity index (χ1) is 10.6. The minimum atomic E-state index is -4.49. The minimum Gasteiger partial charge on any atom is -0.355 e. The second-order valence-corrected chi connectivity index (χ2v) is 5.69. The number of hydrogen-bond donors (Lipinski definition) is 1. The van der Waals surface area contributed by atoms with Crippen molar-refractivity contribution in [2.75, 3.05) is 13.6 Å². The quantitative estimate of drug-likeness (QED) is 0.902. The van der Waals surface area contributed by atoms with Crippen molar-refractivity contribution in [1.29, 1.82) is 0 Å². The van der Waals surface area contributed by atoms with E-state index in [0.717, 1.165) is 4.90 Å². The fraction of sp³-hybridized carbons (Fsp3) is 0.500. The van der Waals surface area contributed by atoms with Crippen molar-refractivity contribution in [2.24, 2.45) is 5.92 Å². The second-order valence-electron chi connectivity index (χ2n) is 5.69. The van der Waals surface area contributed by atoms with Crippen LogP contribution in [0.1, 0.15) is 41.5 Å². The first-order valence-electron chi connectivity index (χ1n) is 7.26. The molecule has 4 nitrogen and oxygen atoms in total. The van der Waals surface area contributed by atoms with E-state index in [2.05, 4.69) is 5.32 Å². The van der Waals surface area contributed by atoms with Gasteiger partial charge in [0.1, 0.15) is 6.54 Å². The molecule has 0 heterocycles. The van der Waals surface area contributed by atoms with Crippen LogP contribution in [0.15, 0.2) is 24.3 Å². The van der Waals surface area contributed by atoms with Crippen LogP contribution >= 0.6 is 0 Å². The van der Waals surface area contributed by atoms with Crippen LogP contribution in [-0.2, 0) is 0 Å². The van der Waals surface area contributed by atoms with Crippen molar-refractivity contribution in [1.82, 2.24) is 10.2 Å². The molecule has 0 fully saturated rings. The van der Waals surface area contributed by atoms with Gasteiger partial charge >= 0.3 is 6.18 Å². The molecule has 0 radical (unpaired) electrons. The predicted molar refractivity (Wildman–Crippen MR) is 81.2 cm³/mol.